The molecule has 0 fully saturated rings. The lowest BCUT2D eigenvalue weighted by atomic mass is 9.89. The number of ether oxygens (including phenoxy) is 1. The van der Waals surface area contributed by atoms with Gasteiger partial charge in [-0.15, -0.1) is 0 Å². The van der Waals surface area contributed by atoms with E-state index in [1.165, 1.54) is 0 Å². The first-order valence-electron chi connectivity index (χ1n) is 5.87. The van der Waals surface area contributed by atoms with E-state index in [1.54, 1.807) is 0 Å². The molecule has 0 spiro atoms. The van der Waals surface area contributed by atoms with Crippen molar-refractivity contribution >= 4 is 0 Å². The molecule has 0 bridgehead atoms. The van der Waals surface area contributed by atoms with Crippen LogP contribution in [0.3, 0.4) is 0 Å². The highest BCUT2D eigenvalue weighted by Gasteiger charge is 2.20. The molecule has 4 nitrogen and oxygen atoms in total. The fourth-order valence-electron chi connectivity index (χ4n) is 2.36. The molecule has 4 heteroatoms. The van der Waals surface area contributed by atoms with Crippen LogP contribution in [0.25, 0.3) is 0 Å². The van der Waals surface area contributed by atoms with Gasteiger partial charge >= 0.3 is 0 Å². The molecular formula is C12H18N2O2. The van der Waals surface area contributed by atoms with Crippen molar-refractivity contribution in [3.05, 3.63) is 27.0 Å². The molecule has 0 radical (unpaired) electrons. The molecule has 0 unspecified atom stereocenters. The van der Waals surface area contributed by atoms with Crippen LogP contribution in [0.2, 0.25) is 0 Å². The zero-order valence-electron chi connectivity index (χ0n) is 9.64. The maximum Gasteiger partial charge on any atom is 0.255 e. The molecule has 3 N–H and O–H groups in total. The minimum Gasteiger partial charge on any atom is -0.479 e. The molecule has 1 aliphatic carbocycles. The van der Waals surface area contributed by atoms with Gasteiger partial charge in [0.1, 0.15) is 0 Å². The van der Waals surface area contributed by atoms with Crippen molar-refractivity contribution in [2.45, 2.75) is 39.2 Å². The Hall–Kier alpha value is -1.29. The SMILES string of the molecule is CCOc1[nH]c(=O)c(CN)c2c1CCCC2. The van der Waals surface area contributed by atoms with Gasteiger partial charge in [0.25, 0.3) is 5.56 Å². The van der Waals surface area contributed by atoms with E-state index in [0.717, 1.165) is 42.4 Å². The van der Waals surface area contributed by atoms with Crippen molar-refractivity contribution in [1.29, 1.82) is 0 Å². The normalized spacial score (nSPS) is 14.6. The molecule has 16 heavy (non-hydrogen) atoms. The highest BCUT2D eigenvalue weighted by Crippen LogP contribution is 2.28. The summed E-state index contributed by atoms with van der Waals surface area (Å²) in [7, 11) is 0. The fourth-order valence-corrected chi connectivity index (χ4v) is 2.36. The Morgan fingerprint density at radius 2 is 2.00 bits per heavy atom. The fraction of sp³-hybridized carbons (Fsp3) is 0.583. The second-order valence-corrected chi connectivity index (χ2v) is 4.06. The van der Waals surface area contributed by atoms with Crippen LogP contribution in [0.5, 0.6) is 5.88 Å². The lowest BCUT2D eigenvalue weighted by molar-refractivity contribution is 0.319. The number of rotatable bonds is 3. The number of aromatic nitrogens is 1. The number of pyridine rings is 1. The summed E-state index contributed by atoms with van der Waals surface area (Å²) in [6, 6.07) is 0. The molecule has 0 amide bonds. The summed E-state index contributed by atoms with van der Waals surface area (Å²) >= 11 is 0. The van der Waals surface area contributed by atoms with Crippen molar-refractivity contribution in [3.8, 4) is 5.88 Å². The lowest BCUT2D eigenvalue weighted by Gasteiger charge is -2.21. The molecule has 1 aromatic heterocycles. The highest BCUT2D eigenvalue weighted by molar-refractivity contribution is 5.41. The Morgan fingerprint density at radius 3 is 2.62 bits per heavy atom. The Balaban J connectivity index is 2.57. The van der Waals surface area contributed by atoms with E-state index >= 15 is 0 Å². The monoisotopic (exact) mass is 222 g/mol. The van der Waals surface area contributed by atoms with Gasteiger partial charge in [-0.25, -0.2) is 0 Å². The predicted molar refractivity (Wildman–Crippen MR) is 62.8 cm³/mol. The zero-order chi connectivity index (χ0) is 11.5. The molecule has 0 aromatic carbocycles. The molecule has 1 aromatic rings. The van der Waals surface area contributed by atoms with E-state index in [2.05, 4.69) is 4.98 Å². The average molecular weight is 222 g/mol. The van der Waals surface area contributed by atoms with Crippen LogP contribution in [0.15, 0.2) is 4.79 Å². The van der Waals surface area contributed by atoms with Gasteiger partial charge in [0.05, 0.1) is 6.61 Å². The van der Waals surface area contributed by atoms with Crippen LogP contribution in [-0.4, -0.2) is 11.6 Å². The standard InChI is InChI=1S/C12H18N2O2/c1-2-16-12-9-6-4-3-5-8(9)10(7-13)11(15)14-12/h2-7,13H2,1H3,(H,14,15). The van der Waals surface area contributed by atoms with Gasteiger partial charge in [-0.2, -0.15) is 0 Å². The van der Waals surface area contributed by atoms with E-state index in [9.17, 15) is 4.79 Å². The largest absolute Gasteiger partial charge is 0.479 e. The molecule has 2 rings (SSSR count). The average Bonchev–Trinajstić information content (AvgIpc) is 2.30. The van der Waals surface area contributed by atoms with Crippen LogP contribution >= 0.6 is 0 Å². The van der Waals surface area contributed by atoms with Gasteiger partial charge in [0, 0.05) is 17.7 Å². The van der Waals surface area contributed by atoms with E-state index in [0.29, 0.717) is 19.0 Å². The molecule has 0 aliphatic heterocycles. The first-order valence-corrected chi connectivity index (χ1v) is 5.87. The Morgan fingerprint density at radius 1 is 1.31 bits per heavy atom. The number of fused-ring (bicyclic) bond motifs is 1. The smallest absolute Gasteiger partial charge is 0.255 e. The van der Waals surface area contributed by atoms with Gasteiger partial charge in [-0.3, -0.25) is 9.78 Å². The molecule has 0 saturated carbocycles. The van der Waals surface area contributed by atoms with Crippen LogP contribution in [0.4, 0.5) is 0 Å². The van der Waals surface area contributed by atoms with Gasteiger partial charge in [-0.1, -0.05) is 0 Å². The van der Waals surface area contributed by atoms with Crippen LogP contribution < -0.4 is 16.0 Å². The molecular weight excluding hydrogens is 204 g/mol. The van der Waals surface area contributed by atoms with Gasteiger partial charge in [-0.05, 0) is 38.2 Å². The van der Waals surface area contributed by atoms with Crippen molar-refractivity contribution < 1.29 is 4.74 Å². The molecule has 88 valence electrons. The number of hydrogen-bond acceptors (Lipinski definition) is 3. The number of aromatic amines is 1. The first kappa shape index (κ1) is 11.2. The lowest BCUT2D eigenvalue weighted by Crippen LogP contribution is -2.24. The van der Waals surface area contributed by atoms with Gasteiger partial charge in [0.2, 0.25) is 0 Å². The topological polar surface area (TPSA) is 68.1 Å². The molecule has 0 saturated heterocycles. The van der Waals surface area contributed by atoms with Gasteiger partial charge in [0.15, 0.2) is 5.88 Å². The molecule has 1 aliphatic rings. The second kappa shape index (κ2) is 4.70. The highest BCUT2D eigenvalue weighted by atomic mass is 16.5. The number of hydrogen-bond donors (Lipinski definition) is 2. The summed E-state index contributed by atoms with van der Waals surface area (Å²) in [6.45, 7) is 2.80. The number of nitrogens with one attached hydrogen (secondary N) is 1. The van der Waals surface area contributed by atoms with E-state index in [-0.39, 0.29) is 5.56 Å². The van der Waals surface area contributed by atoms with E-state index in [4.69, 9.17) is 10.5 Å². The quantitative estimate of drug-likeness (QED) is 0.805. The number of nitrogens with two attached hydrogens (primary N) is 1. The predicted octanol–water partition coefficient (Wildman–Crippen LogP) is 1.11. The van der Waals surface area contributed by atoms with Gasteiger partial charge < -0.3 is 10.5 Å². The van der Waals surface area contributed by atoms with Crippen molar-refractivity contribution in [1.82, 2.24) is 4.98 Å². The van der Waals surface area contributed by atoms with Crippen LogP contribution in [0.1, 0.15) is 36.5 Å². The summed E-state index contributed by atoms with van der Waals surface area (Å²) < 4.78 is 5.49. The number of H-pyrrole nitrogens is 1. The van der Waals surface area contributed by atoms with E-state index in [1.807, 2.05) is 6.92 Å². The van der Waals surface area contributed by atoms with Crippen molar-refractivity contribution in [2.75, 3.05) is 6.61 Å². The van der Waals surface area contributed by atoms with Crippen LogP contribution in [-0.2, 0) is 19.4 Å². The summed E-state index contributed by atoms with van der Waals surface area (Å²) in [6.07, 6.45) is 4.22. The molecule has 0 atom stereocenters. The maximum absolute atomic E-state index is 11.8. The van der Waals surface area contributed by atoms with Crippen molar-refractivity contribution in [2.24, 2.45) is 5.73 Å². The second-order valence-electron chi connectivity index (χ2n) is 4.06. The third kappa shape index (κ3) is 1.85. The minimum absolute atomic E-state index is 0.0911. The first-order chi connectivity index (χ1) is 7.77. The summed E-state index contributed by atoms with van der Waals surface area (Å²) in [5.41, 5.74) is 8.57. The minimum atomic E-state index is -0.0911. The van der Waals surface area contributed by atoms with Crippen molar-refractivity contribution in [3.63, 3.8) is 0 Å². The van der Waals surface area contributed by atoms with E-state index < -0.39 is 0 Å². The summed E-state index contributed by atoms with van der Waals surface area (Å²) in [4.78, 5) is 14.6. The Bertz CT molecular complexity index is 437. The Labute approximate surface area is 94.8 Å². The zero-order valence-corrected chi connectivity index (χ0v) is 9.64. The maximum atomic E-state index is 11.8. The summed E-state index contributed by atoms with van der Waals surface area (Å²) in [5.74, 6) is 0.652. The third-order valence-corrected chi connectivity index (χ3v) is 3.10. The molecule has 1 heterocycles. The van der Waals surface area contributed by atoms with Crippen LogP contribution in [0, 0.1) is 0 Å². The summed E-state index contributed by atoms with van der Waals surface area (Å²) in [5, 5.41) is 0. The third-order valence-electron chi connectivity index (χ3n) is 3.10. The Kier molecular flexibility index (Phi) is 3.29.